The molecule has 0 bridgehead atoms. The zero-order chi connectivity index (χ0) is 21.2. The third-order valence-corrected chi connectivity index (χ3v) is 4.49. The normalized spacial score (nSPS) is 13.4. The maximum atomic E-state index is 12.9. The zero-order valence-corrected chi connectivity index (χ0v) is 17.3. The molecule has 2 aromatic rings. The standard InChI is InChI=1S/C21H27N5O3/c1-13(27)22-14-8-10-15(11-9-14)23-19(28)17-16-7-5-6-12-26(16)18(24-17)20(29)25-21(2,3)4/h8-11H,5-7,12H2,1-4H3,(H,22,27)(H,23,28)(H,25,29). The average molecular weight is 397 g/mol. The Kier molecular flexibility index (Phi) is 5.72. The van der Waals surface area contributed by atoms with Crippen LogP contribution in [0.25, 0.3) is 0 Å². The Morgan fingerprint density at radius 1 is 0.966 bits per heavy atom. The van der Waals surface area contributed by atoms with Crippen LogP contribution in [0.4, 0.5) is 11.4 Å². The van der Waals surface area contributed by atoms with Crippen LogP contribution in [0, 0.1) is 0 Å². The van der Waals surface area contributed by atoms with Crippen LogP contribution in [0.5, 0.6) is 0 Å². The summed E-state index contributed by atoms with van der Waals surface area (Å²) in [6.45, 7) is 7.83. The fourth-order valence-electron chi connectivity index (χ4n) is 3.33. The molecule has 1 aromatic carbocycles. The van der Waals surface area contributed by atoms with Gasteiger partial charge in [-0.05, 0) is 64.3 Å². The van der Waals surface area contributed by atoms with Crippen molar-refractivity contribution in [1.29, 1.82) is 0 Å². The molecule has 8 nitrogen and oxygen atoms in total. The second-order valence-corrected chi connectivity index (χ2v) is 8.26. The number of hydrogen-bond acceptors (Lipinski definition) is 4. The van der Waals surface area contributed by atoms with Gasteiger partial charge >= 0.3 is 0 Å². The van der Waals surface area contributed by atoms with E-state index in [0.717, 1.165) is 18.5 Å². The number of benzene rings is 1. The van der Waals surface area contributed by atoms with Crippen LogP contribution >= 0.6 is 0 Å². The summed E-state index contributed by atoms with van der Waals surface area (Å²) >= 11 is 0. The molecular formula is C21H27N5O3. The maximum Gasteiger partial charge on any atom is 0.287 e. The summed E-state index contributed by atoms with van der Waals surface area (Å²) < 4.78 is 1.86. The molecule has 1 aromatic heterocycles. The fourth-order valence-corrected chi connectivity index (χ4v) is 3.33. The van der Waals surface area contributed by atoms with E-state index in [2.05, 4.69) is 20.9 Å². The van der Waals surface area contributed by atoms with Gasteiger partial charge in [0.15, 0.2) is 11.5 Å². The number of nitrogens with one attached hydrogen (secondary N) is 3. The smallest absolute Gasteiger partial charge is 0.287 e. The minimum Gasteiger partial charge on any atom is -0.345 e. The predicted octanol–water partition coefficient (Wildman–Crippen LogP) is 2.96. The molecule has 0 atom stereocenters. The van der Waals surface area contributed by atoms with Gasteiger partial charge in [0.05, 0.1) is 5.69 Å². The third-order valence-electron chi connectivity index (χ3n) is 4.49. The first kappa shape index (κ1) is 20.6. The van der Waals surface area contributed by atoms with Crippen molar-refractivity contribution in [3.05, 3.63) is 41.5 Å². The number of nitrogens with zero attached hydrogens (tertiary/aromatic N) is 2. The highest BCUT2D eigenvalue weighted by molar-refractivity contribution is 6.05. The summed E-state index contributed by atoms with van der Waals surface area (Å²) in [7, 11) is 0. The van der Waals surface area contributed by atoms with Crippen LogP contribution in [-0.2, 0) is 17.8 Å². The Morgan fingerprint density at radius 2 is 1.59 bits per heavy atom. The average Bonchev–Trinajstić information content (AvgIpc) is 3.01. The van der Waals surface area contributed by atoms with E-state index < -0.39 is 5.54 Å². The van der Waals surface area contributed by atoms with Gasteiger partial charge in [0.1, 0.15) is 0 Å². The Morgan fingerprint density at radius 3 is 2.17 bits per heavy atom. The number of hydrogen-bond donors (Lipinski definition) is 3. The minimum atomic E-state index is -0.393. The van der Waals surface area contributed by atoms with Gasteiger partial charge < -0.3 is 20.5 Å². The van der Waals surface area contributed by atoms with Crippen LogP contribution in [0.15, 0.2) is 24.3 Å². The van der Waals surface area contributed by atoms with Gasteiger partial charge in [0, 0.05) is 30.4 Å². The molecule has 29 heavy (non-hydrogen) atoms. The van der Waals surface area contributed by atoms with E-state index in [0.29, 0.717) is 24.3 Å². The number of imidazole rings is 1. The molecule has 3 N–H and O–H groups in total. The molecule has 0 saturated heterocycles. The summed E-state index contributed by atoms with van der Waals surface area (Å²) in [5.74, 6) is -0.509. The number of carbonyl (C=O) groups excluding carboxylic acids is 3. The lowest BCUT2D eigenvalue weighted by atomic mass is 10.1. The van der Waals surface area contributed by atoms with Crippen molar-refractivity contribution in [3.63, 3.8) is 0 Å². The molecule has 154 valence electrons. The van der Waals surface area contributed by atoms with Gasteiger partial charge in [0.25, 0.3) is 11.8 Å². The molecule has 2 heterocycles. The van der Waals surface area contributed by atoms with E-state index in [1.807, 2.05) is 25.3 Å². The summed E-state index contributed by atoms with van der Waals surface area (Å²) in [6.07, 6.45) is 2.61. The summed E-state index contributed by atoms with van der Waals surface area (Å²) in [6, 6.07) is 6.83. The van der Waals surface area contributed by atoms with Crippen molar-refractivity contribution in [2.45, 2.75) is 59.0 Å². The van der Waals surface area contributed by atoms with E-state index in [4.69, 9.17) is 0 Å². The molecule has 0 spiro atoms. The minimum absolute atomic E-state index is 0.160. The lowest BCUT2D eigenvalue weighted by Crippen LogP contribution is -2.42. The van der Waals surface area contributed by atoms with Crippen molar-refractivity contribution in [2.75, 3.05) is 10.6 Å². The maximum absolute atomic E-state index is 12.9. The molecule has 1 aliphatic rings. The first-order valence-corrected chi connectivity index (χ1v) is 9.75. The topological polar surface area (TPSA) is 105 Å². The molecule has 1 aliphatic heterocycles. The molecule has 3 amide bonds. The first-order chi connectivity index (χ1) is 13.6. The number of carbonyl (C=O) groups is 3. The van der Waals surface area contributed by atoms with E-state index in [-0.39, 0.29) is 29.2 Å². The van der Waals surface area contributed by atoms with Gasteiger partial charge in [-0.2, -0.15) is 0 Å². The van der Waals surface area contributed by atoms with E-state index >= 15 is 0 Å². The van der Waals surface area contributed by atoms with Gasteiger partial charge in [-0.25, -0.2) is 4.98 Å². The molecule has 0 radical (unpaired) electrons. The highest BCUT2D eigenvalue weighted by Crippen LogP contribution is 2.23. The SMILES string of the molecule is CC(=O)Nc1ccc(NC(=O)c2nc(C(=O)NC(C)(C)C)n3c2CCCC3)cc1. The Hall–Kier alpha value is -3.16. The first-order valence-electron chi connectivity index (χ1n) is 9.75. The highest BCUT2D eigenvalue weighted by atomic mass is 16.2. The van der Waals surface area contributed by atoms with Gasteiger partial charge in [-0.1, -0.05) is 0 Å². The van der Waals surface area contributed by atoms with Crippen molar-refractivity contribution in [3.8, 4) is 0 Å². The molecule has 0 fully saturated rings. The van der Waals surface area contributed by atoms with Crippen LogP contribution in [0.3, 0.4) is 0 Å². The third kappa shape index (κ3) is 5.01. The summed E-state index contributed by atoms with van der Waals surface area (Å²) in [5, 5.41) is 8.43. The zero-order valence-electron chi connectivity index (χ0n) is 17.3. The number of rotatable bonds is 4. The van der Waals surface area contributed by atoms with Gasteiger partial charge in [-0.15, -0.1) is 0 Å². The largest absolute Gasteiger partial charge is 0.345 e. The molecule has 0 aliphatic carbocycles. The highest BCUT2D eigenvalue weighted by Gasteiger charge is 2.29. The number of amides is 3. The lowest BCUT2D eigenvalue weighted by molar-refractivity contribution is -0.114. The second-order valence-electron chi connectivity index (χ2n) is 8.26. The number of anilines is 2. The fraction of sp³-hybridized carbons (Fsp3) is 0.429. The Balaban J connectivity index is 1.83. The predicted molar refractivity (Wildman–Crippen MR) is 111 cm³/mol. The van der Waals surface area contributed by atoms with Crippen LogP contribution < -0.4 is 16.0 Å². The lowest BCUT2D eigenvalue weighted by Gasteiger charge is -2.22. The van der Waals surface area contributed by atoms with Gasteiger partial charge in [0.2, 0.25) is 5.91 Å². The Labute approximate surface area is 170 Å². The number of aromatic nitrogens is 2. The second kappa shape index (κ2) is 8.06. The van der Waals surface area contributed by atoms with Crippen molar-refractivity contribution < 1.29 is 14.4 Å². The van der Waals surface area contributed by atoms with Crippen LogP contribution in [-0.4, -0.2) is 32.8 Å². The van der Waals surface area contributed by atoms with E-state index in [1.54, 1.807) is 24.3 Å². The van der Waals surface area contributed by atoms with E-state index in [1.165, 1.54) is 6.92 Å². The van der Waals surface area contributed by atoms with Crippen molar-refractivity contribution in [1.82, 2.24) is 14.9 Å². The molecular weight excluding hydrogens is 370 g/mol. The van der Waals surface area contributed by atoms with Gasteiger partial charge in [-0.3, -0.25) is 14.4 Å². The molecule has 0 saturated carbocycles. The summed E-state index contributed by atoms with van der Waals surface area (Å²) in [5.41, 5.74) is 1.92. The monoisotopic (exact) mass is 397 g/mol. The van der Waals surface area contributed by atoms with Crippen molar-refractivity contribution in [2.24, 2.45) is 0 Å². The van der Waals surface area contributed by atoms with E-state index in [9.17, 15) is 14.4 Å². The molecule has 8 heteroatoms. The summed E-state index contributed by atoms with van der Waals surface area (Å²) in [4.78, 5) is 41.1. The Bertz CT molecular complexity index is 938. The van der Waals surface area contributed by atoms with Crippen LogP contribution in [0.1, 0.15) is 67.3 Å². The van der Waals surface area contributed by atoms with Crippen molar-refractivity contribution >= 4 is 29.1 Å². The molecule has 3 rings (SSSR count). The molecule has 0 unspecified atom stereocenters. The van der Waals surface area contributed by atoms with Crippen LogP contribution in [0.2, 0.25) is 0 Å². The quantitative estimate of drug-likeness (QED) is 0.737. The number of fused-ring (bicyclic) bond motifs is 1.